The Bertz CT molecular complexity index is 1820. The first kappa shape index (κ1) is 92.1. The van der Waals surface area contributed by atoms with Crippen LogP contribution in [0.2, 0.25) is 0 Å². The lowest BCUT2D eigenvalue weighted by atomic mass is 10.0. The maximum Gasteiger partial charge on any atom is 0.472 e. The molecule has 0 saturated carbocycles. The summed E-state index contributed by atoms with van der Waals surface area (Å²) in [4.78, 5) is 72.7. The summed E-state index contributed by atoms with van der Waals surface area (Å²) >= 11 is 0. The molecule has 0 aliphatic heterocycles. The molecule has 0 spiro atoms. The van der Waals surface area contributed by atoms with Gasteiger partial charge < -0.3 is 33.8 Å². The molecular formula is C75H146O17P2. The minimum absolute atomic E-state index is 0.103. The lowest BCUT2D eigenvalue weighted by Gasteiger charge is -2.21. The van der Waals surface area contributed by atoms with Gasteiger partial charge in [0.05, 0.1) is 26.4 Å². The number of phosphoric acid groups is 2. The van der Waals surface area contributed by atoms with Gasteiger partial charge in [0.1, 0.15) is 19.3 Å². The predicted octanol–water partition coefficient (Wildman–Crippen LogP) is 21.9. The number of aliphatic hydroxyl groups is 1. The number of ether oxygens (including phenoxy) is 4. The van der Waals surface area contributed by atoms with Crippen molar-refractivity contribution in [3.63, 3.8) is 0 Å². The molecule has 17 nitrogen and oxygen atoms in total. The molecule has 0 heterocycles. The average molecular weight is 1380 g/mol. The number of phosphoric ester groups is 2. The fourth-order valence-corrected chi connectivity index (χ4v) is 13.1. The quantitative estimate of drug-likeness (QED) is 0.0222. The number of hydrogen-bond donors (Lipinski definition) is 3. The Morgan fingerprint density at radius 3 is 0.723 bits per heavy atom. The lowest BCUT2D eigenvalue weighted by Crippen LogP contribution is -2.30. The van der Waals surface area contributed by atoms with Crippen molar-refractivity contribution in [2.45, 2.75) is 407 Å². The highest BCUT2D eigenvalue weighted by molar-refractivity contribution is 7.47. The molecular weight excluding hydrogens is 1230 g/mol. The van der Waals surface area contributed by atoms with Gasteiger partial charge in [-0.25, -0.2) is 9.13 Å². The first-order valence-electron chi connectivity index (χ1n) is 39.0. The Balaban J connectivity index is 5.22. The van der Waals surface area contributed by atoms with Crippen molar-refractivity contribution in [3.8, 4) is 0 Å². The van der Waals surface area contributed by atoms with E-state index >= 15 is 0 Å². The van der Waals surface area contributed by atoms with Crippen LogP contribution in [-0.4, -0.2) is 96.7 Å². The van der Waals surface area contributed by atoms with E-state index in [2.05, 4.69) is 41.5 Å². The summed E-state index contributed by atoms with van der Waals surface area (Å²) < 4.78 is 68.4. The maximum atomic E-state index is 13.1. The van der Waals surface area contributed by atoms with E-state index in [1.807, 2.05) is 0 Å². The normalized spacial score (nSPS) is 14.0. The predicted molar refractivity (Wildman–Crippen MR) is 381 cm³/mol. The fourth-order valence-electron chi connectivity index (χ4n) is 11.5. The van der Waals surface area contributed by atoms with Crippen LogP contribution in [0.15, 0.2) is 0 Å². The molecule has 0 rings (SSSR count). The van der Waals surface area contributed by atoms with Crippen LogP contribution in [0.4, 0.5) is 0 Å². The third kappa shape index (κ3) is 68.6. The highest BCUT2D eigenvalue weighted by Crippen LogP contribution is 2.45. The topological polar surface area (TPSA) is 237 Å². The van der Waals surface area contributed by atoms with Crippen LogP contribution in [0.5, 0.6) is 0 Å². The van der Waals surface area contributed by atoms with E-state index in [0.717, 1.165) is 96.3 Å². The van der Waals surface area contributed by atoms with Gasteiger partial charge in [0.15, 0.2) is 12.2 Å². The van der Waals surface area contributed by atoms with Crippen molar-refractivity contribution in [3.05, 3.63) is 0 Å². The maximum absolute atomic E-state index is 13.1. The van der Waals surface area contributed by atoms with E-state index in [1.165, 1.54) is 199 Å². The van der Waals surface area contributed by atoms with E-state index in [1.54, 1.807) is 0 Å². The van der Waals surface area contributed by atoms with E-state index in [0.29, 0.717) is 37.5 Å². The summed E-state index contributed by atoms with van der Waals surface area (Å²) in [6.45, 7) is 9.47. The number of unbranched alkanes of at least 4 members (excludes halogenated alkanes) is 44. The molecule has 3 N–H and O–H groups in total. The first-order valence-corrected chi connectivity index (χ1v) is 42.0. The van der Waals surface area contributed by atoms with Crippen LogP contribution in [0.25, 0.3) is 0 Å². The molecule has 0 aliphatic rings. The zero-order chi connectivity index (χ0) is 69.3. The number of rotatable bonds is 74. The van der Waals surface area contributed by atoms with Crippen molar-refractivity contribution in [2.24, 2.45) is 11.8 Å². The minimum atomic E-state index is -4.96. The summed E-state index contributed by atoms with van der Waals surface area (Å²) in [7, 11) is -9.91. The molecule has 0 aromatic rings. The second kappa shape index (κ2) is 66.9. The van der Waals surface area contributed by atoms with Crippen LogP contribution in [0, 0.1) is 11.8 Å². The molecule has 0 aliphatic carbocycles. The van der Waals surface area contributed by atoms with Gasteiger partial charge in [0.25, 0.3) is 0 Å². The molecule has 0 bridgehead atoms. The smallest absolute Gasteiger partial charge is 0.462 e. The Kier molecular flexibility index (Phi) is 65.5. The van der Waals surface area contributed by atoms with Crippen LogP contribution < -0.4 is 0 Å². The van der Waals surface area contributed by atoms with E-state index in [9.17, 15) is 43.2 Å². The van der Waals surface area contributed by atoms with Gasteiger partial charge in [0, 0.05) is 25.7 Å². The van der Waals surface area contributed by atoms with Crippen molar-refractivity contribution >= 4 is 39.5 Å². The summed E-state index contributed by atoms with van der Waals surface area (Å²) in [5.74, 6) is -0.719. The van der Waals surface area contributed by atoms with Crippen molar-refractivity contribution in [1.29, 1.82) is 0 Å². The second-order valence-corrected chi connectivity index (χ2v) is 30.9. The molecule has 5 atom stereocenters. The van der Waals surface area contributed by atoms with Crippen molar-refractivity contribution < 1.29 is 80.2 Å². The van der Waals surface area contributed by atoms with Crippen LogP contribution in [0.3, 0.4) is 0 Å². The molecule has 0 fully saturated rings. The van der Waals surface area contributed by atoms with Crippen LogP contribution >= 0.6 is 15.6 Å². The zero-order valence-electron chi connectivity index (χ0n) is 61.3. The summed E-state index contributed by atoms with van der Waals surface area (Å²) in [6, 6.07) is 0. The minimum Gasteiger partial charge on any atom is -0.462 e. The van der Waals surface area contributed by atoms with Crippen molar-refractivity contribution in [2.75, 3.05) is 39.6 Å². The fraction of sp³-hybridized carbons (Fsp3) is 0.947. The molecule has 0 aromatic carbocycles. The third-order valence-corrected chi connectivity index (χ3v) is 19.4. The lowest BCUT2D eigenvalue weighted by molar-refractivity contribution is -0.161. The standard InChI is InChI=1S/C75H146O17P2/c1-7-9-11-13-15-17-19-21-23-25-26-28-30-32-34-40-47-53-59-74(79)91-70(63-85-72(77)57-51-45-39-33-31-29-27-24-22-20-18-16-14-12-10-8-2)65-89-93(81,82)87-61-69(76)62-88-94(83,84)90-66-71(92-75(80)60-54-48-42-36-38-44-50-56-68(5)6)64-86-73(78)58-52-46-41-35-37-43-49-55-67(3)4/h67-71,76H,7-66H2,1-6H3,(H,81,82)(H,83,84)/t69-,70-,71-/m1/s1. The van der Waals surface area contributed by atoms with Crippen molar-refractivity contribution in [1.82, 2.24) is 0 Å². The Labute approximate surface area is 575 Å². The number of carbonyl (C=O) groups excluding carboxylic acids is 4. The Hall–Kier alpha value is -1.94. The molecule has 0 radical (unpaired) electrons. The van der Waals surface area contributed by atoms with E-state index in [-0.39, 0.29) is 25.7 Å². The molecule has 94 heavy (non-hydrogen) atoms. The molecule has 2 unspecified atom stereocenters. The first-order chi connectivity index (χ1) is 45.4. The van der Waals surface area contributed by atoms with Gasteiger partial charge in [-0.1, -0.05) is 337 Å². The molecule has 0 amide bonds. The largest absolute Gasteiger partial charge is 0.472 e. The van der Waals surface area contributed by atoms with Crippen LogP contribution in [-0.2, 0) is 65.4 Å². The summed E-state index contributed by atoms with van der Waals surface area (Å²) in [6.07, 6.45) is 54.4. The van der Waals surface area contributed by atoms with E-state index < -0.39 is 97.5 Å². The van der Waals surface area contributed by atoms with Gasteiger partial charge in [0.2, 0.25) is 0 Å². The zero-order valence-corrected chi connectivity index (χ0v) is 63.1. The Morgan fingerprint density at radius 2 is 0.489 bits per heavy atom. The third-order valence-electron chi connectivity index (χ3n) is 17.5. The van der Waals surface area contributed by atoms with Gasteiger partial charge in [-0.05, 0) is 37.5 Å². The summed E-state index contributed by atoms with van der Waals surface area (Å²) in [5.41, 5.74) is 0. The number of esters is 4. The highest BCUT2D eigenvalue weighted by Gasteiger charge is 2.30. The number of aliphatic hydroxyl groups excluding tert-OH is 1. The van der Waals surface area contributed by atoms with Crippen LogP contribution in [0.1, 0.15) is 388 Å². The molecule has 558 valence electrons. The summed E-state index contributed by atoms with van der Waals surface area (Å²) in [5, 5.41) is 10.6. The average Bonchev–Trinajstić information content (AvgIpc) is 1.40. The number of carbonyl (C=O) groups is 4. The monoisotopic (exact) mass is 1380 g/mol. The molecule has 0 aromatic heterocycles. The second-order valence-electron chi connectivity index (χ2n) is 28.0. The van der Waals surface area contributed by atoms with Gasteiger partial charge in [-0.3, -0.25) is 37.3 Å². The van der Waals surface area contributed by atoms with Gasteiger partial charge in [-0.15, -0.1) is 0 Å². The van der Waals surface area contributed by atoms with Gasteiger partial charge >= 0.3 is 39.5 Å². The highest BCUT2D eigenvalue weighted by atomic mass is 31.2. The molecule has 0 saturated heterocycles. The SMILES string of the molecule is CCCCCCCCCCCCCCCCCCCCC(=O)O[C@H](COC(=O)CCCCCCCCCCCCCCCCCC)COP(=O)(O)OC[C@@H](O)COP(=O)(O)OC[C@@H](COC(=O)CCCCCCCCCC(C)C)OC(=O)CCCCCCCCCC(C)C. The Morgan fingerprint density at radius 1 is 0.287 bits per heavy atom. The van der Waals surface area contributed by atoms with Gasteiger partial charge in [-0.2, -0.15) is 0 Å². The molecule has 19 heteroatoms. The van der Waals surface area contributed by atoms with E-state index in [4.69, 9.17) is 37.0 Å². The number of hydrogen-bond acceptors (Lipinski definition) is 15.